The fourth-order valence-corrected chi connectivity index (χ4v) is 5.60. The molecule has 0 bridgehead atoms. The van der Waals surface area contributed by atoms with Crippen molar-refractivity contribution in [3.8, 4) is 0 Å². The van der Waals surface area contributed by atoms with Crippen LogP contribution in [0.2, 0.25) is 10.0 Å². The number of halogens is 3. The van der Waals surface area contributed by atoms with Crippen molar-refractivity contribution in [1.82, 2.24) is 10.2 Å². The van der Waals surface area contributed by atoms with Crippen molar-refractivity contribution in [2.45, 2.75) is 63.4 Å². The van der Waals surface area contributed by atoms with E-state index in [0.717, 1.165) is 31.2 Å². The lowest BCUT2D eigenvalue weighted by atomic mass is 9.95. The molecule has 0 radical (unpaired) electrons. The van der Waals surface area contributed by atoms with Crippen LogP contribution < -0.4 is 5.32 Å². The summed E-state index contributed by atoms with van der Waals surface area (Å²) in [6.07, 6.45) is 5.28. The molecule has 0 heterocycles. The van der Waals surface area contributed by atoms with E-state index in [2.05, 4.69) is 5.32 Å². The molecule has 0 aliphatic heterocycles. The Hall–Kier alpha value is -1.76. The van der Waals surface area contributed by atoms with Gasteiger partial charge in [0, 0.05) is 33.9 Å². The van der Waals surface area contributed by atoms with Crippen molar-refractivity contribution in [1.29, 1.82) is 0 Å². The zero-order valence-corrected chi connectivity index (χ0v) is 21.0. The Bertz CT molecular complexity index is 949. The summed E-state index contributed by atoms with van der Waals surface area (Å²) in [6.45, 7) is 1.73. The van der Waals surface area contributed by atoms with Gasteiger partial charge in [-0.2, -0.15) is 0 Å². The van der Waals surface area contributed by atoms with E-state index in [1.54, 1.807) is 43.3 Å². The van der Waals surface area contributed by atoms with Gasteiger partial charge in [0.2, 0.25) is 11.8 Å². The summed E-state index contributed by atoms with van der Waals surface area (Å²) in [6, 6.07) is 11.0. The number of benzene rings is 2. The van der Waals surface area contributed by atoms with E-state index in [1.165, 1.54) is 29.1 Å². The molecule has 1 N–H and O–H groups in total. The van der Waals surface area contributed by atoms with Crippen LogP contribution in [0.1, 0.15) is 50.2 Å². The van der Waals surface area contributed by atoms with E-state index in [4.69, 9.17) is 23.2 Å². The highest BCUT2D eigenvalue weighted by Crippen LogP contribution is 2.28. The highest BCUT2D eigenvalue weighted by molar-refractivity contribution is 7.99. The number of thioether (sulfide) groups is 1. The van der Waals surface area contributed by atoms with Crippen molar-refractivity contribution < 1.29 is 14.0 Å². The number of hydrogen-bond acceptors (Lipinski definition) is 3. The molecule has 1 aliphatic carbocycles. The molecular weight excluding hydrogens is 482 g/mol. The zero-order chi connectivity index (χ0) is 23.8. The minimum Gasteiger partial charge on any atom is -0.352 e. The van der Waals surface area contributed by atoms with Crippen LogP contribution in [0, 0.1) is 5.82 Å². The molecule has 0 spiro atoms. The van der Waals surface area contributed by atoms with Crippen LogP contribution in [0.4, 0.5) is 4.39 Å². The molecule has 2 aromatic carbocycles. The first kappa shape index (κ1) is 25.9. The second kappa shape index (κ2) is 12.6. The van der Waals surface area contributed by atoms with Crippen LogP contribution in [0.3, 0.4) is 0 Å². The molecule has 1 atom stereocenters. The van der Waals surface area contributed by atoms with Crippen LogP contribution >= 0.6 is 35.0 Å². The van der Waals surface area contributed by atoms with Crippen molar-refractivity contribution in [2.24, 2.45) is 0 Å². The lowest BCUT2D eigenvalue weighted by Crippen LogP contribution is -2.51. The van der Waals surface area contributed by atoms with Gasteiger partial charge in [0.15, 0.2) is 0 Å². The number of carbonyl (C=O) groups excluding carboxylic acids is 2. The number of rotatable bonds is 9. The normalized spacial score (nSPS) is 15.2. The smallest absolute Gasteiger partial charge is 0.242 e. The molecule has 4 nitrogen and oxygen atoms in total. The van der Waals surface area contributed by atoms with Gasteiger partial charge in [-0.05, 0) is 43.5 Å². The van der Waals surface area contributed by atoms with E-state index in [0.29, 0.717) is 21.4 Å². The molecule has 0 aromatic heterocycles. The molecule has 2 amide bonds. The highest BCUT2D eigenvalue weighted by atomic mass is 35.5. The maximum Gasteiger partial charge on any atom is 0.242 e. The van der Waals surface area contributed by atoms with Crippen LogP contribution in [0.15, 0.2) is 42.5 Å². The summed E-state index contributed by atoms with van der Waals surface area (Å²) >= 11 is 13.8. The number of carbonyl (C=O) groups is 2. The van der Waals surface area contributed by atoms with Gasteiger partial charge in [0.05, 0.1) is 5.75 Å². The van der Waals surface area contributed by atoms with Crippen molar-refractivity contribution >= 4 is 46.8 Å². The topological polar surface area (TPSA) is 49.4 Å². The van der Waals surface area contributed by atoms with E-state index in [-0.39, 0.29) is 30.2 Å². The number of amides is 2. The molecule has 3 rings (SSSR count). The molecule has 2 aromatic rings. The Morgan fingerprint density at radius 3 is 2.42 bits per heavy atom. The molecule has 1 fully saturated rings. The molecule has 1 aliphatic rings. The van der Waals surface area contributed by atoms with Gasteiger partial charge in [-0.15, -0.1) is 11.8 Å². The minimum absolute atomic E-state index is 0.0260. The molecule has 33 heavy (non-hydrogen) atoms. The average molecular weight is 511 g/mol. The molecule has 0 unspecified atom stereocenters. The summed E-state index contributed by atoms with van der Waals surface area (Å²) in [5, 5.41) is 4.18. The van der Waals surface area contributed by atoms with Crippen LogP contribution in [0.25, 0.3) is 0 Å². The monoisotopic (exact) mass is 510 g/mol. The third kappa shape index (κ3) is 7.36. The third-order valence-corrected chi connectivity index (χ3v) is 7.60. The minimum atomic E-state index is -0.719. The Balaban J connectivity index is 1.69. The Morgan fingerprint density at radius 2 is 1.76 bits per heavy atom. The van der Waals surface area contributed by atoms with Gasteiger partial charge >= 0.3 is 0 Å². The van der Waals surface area contributed by atoms with Crippen molar-refractivity contribution in [3.63, 3.8) is 0 Å². The SMILES string of the molecule is C[C@@H](C(=O)NC1CCCCC1)N(Cc1ccccc1F)C(=O)CSCc1c(Cl)cccc1Cl. The lowest BCUT2D eigenvalue weighted by molar-refractivity contribution is -0.139. The standard InChI is InChI=1S/C25H29Cl2FN2O2S/c1-17(25(32)29-19-9-3-2-4-10-19)30(14-18-8-5-6-13-23(18)28)24(31)16-33-15-20-21(26)11-7-12-22(20)27/h5-8,11-13,17,19H,2-4,9-10,14-16H2,1H3,(H,29,32)/t17-/m0/s1. The molecule has 1 saturated carbocycles. The van der Waals surface area contributed by atoms with Gasteiger partial charge in [-0.3, -0.25) is 9.59 Å². The van der Waals surface area contributed by atoms with Gasteiger partial charge in [-0.25, -0.2) is 4.39 Å². The Kier molecular flexibility index (Phi) is 9.90. The molecule has 0 saturated heterocycles. The fraction of sp³-hybridized carbons (Fsp3) is 0.440. The zero-order valence-electron chi connectivity index (χ0n) is 18.7. The van der Waals surface area contributed by atoms with Gasteiger partial charge in [0.25, 0.3) is 0 Å². The number of nitrogens with zero attached hydrogens (tertiary/aromatic N) is 1. The maximum atomic E-state index is 14.3. The largest absolute Gasteiger partial charge is 0.352 e. The van der Waals surface area contributed by atoms with Gasteiger partial charge < -0.3 is 10.2 Å². The first-order valence-electron chi connectivity index (χ1n) is 11.2. The van der Waals surface area contributed by atoms with Crippen LogP contribution in [-0.2, 0) is 21.9 Å². The van der Waals surface area contributed by atoms with Crippen molar-refractivity contribution in [3.05, 3.63) is 69.5 Å². The highest BCUT2D eigenvalue weighted by Gasteiger charge is 2.28. The lowest BCUT2D eigenvalue weighted by Gasteiger charge is -2.31. The number of hydrogen-bond donors (Lipinski definition) is 1. The van der Waals surface area contributed by atoms with E-state index in [9.17, 15) is 14.0 Å². The quantitative estimate of drug-likeness (QED) is 0.434. The van der Waals surface area contributed by atoms with E-state index in [1.807, 2.05) is 0 Å². The Morgan fingerprint density at radius 1 is 1.09 bits per heavy atom. The van der Waals surface area contributed by atoms with Gasteiger partial charge in [0.1, 0.15) is 11.9 Å². The fourth-order valence-electron chi connectivity index (χ4n) is 3.96. The average Bonchev–Trinajstić information content (AvgIpc) is 2.80. The Labute approximate surface area is 209 Å². The first-order chi connectivity index (χ1) is 15.9. The molecule has 8 heteroatoms. The van der Waals surface area contributed by atoms with Crippen molar-refractivity contribution in [2.75, 3.05) is 5.75 Å². The summed E-state index contributed by atoms with van der Waals surface area (Å²) in [7, 11) is 0. The maximum absolute atomic E-state index is 14.3. The third-order valence-electron chi connectivity index (χ3n) is 5.95. The number of nitrogens with one attached hydrogen (secondary N) is 1. The summed E-state index contributed by atoms with van der Waals surface area (Å²) in [5.74, 6) is -0.258. The second-order valence-corrected chi connectivity index (χ2v) is 10.1. The van der Waals surface area contributed by atoms with E-state index >= 15 is 0 Å². The molecule has 178 valence electrons. The van der Waals surface area contributed by atoms with E-state index < -0.39 is 11.9 Å². The summed E-state index contributed by atoms with van der Waals surface area (Å²) in [5.41, 5.74) is 1.14. The van der Waals surface area contributed by atoms with Crippen LogP contribution in [-0.4, -0.2) is 34.6 Å². The molecular formula is C25H29Cl2FN2O2S. The summed E-state index contributed by atoms with van der Waals surface area (Å²) < 4.78 is 14.3. The summed E-state index contributed by atoms with van der Waals surface area (Å²) in [4.78, 5) is 27.6. The predicted octanol–water partition coefficient (Wildman–Crippen LogP) is 6.23. The van der Waals surface area contributed by atoms with Gasteiger partial charge in [-0.1, -0.05) is 66.7 Å². The first-order valence-corrected chi connectivity index (χ1v) is 13.1. The second-order valence-electron chi connectivity index (χ2n) is 8.33. The van der Waals surface area contributed by atoms with Crippen LogP contribution in [0.5, 0.6) is 0 Å². The predicted molar refractivity (Wildman–Crippen MR) is 134 cm³/mol.